The maximum atomic E-state index is 12.2. The van der Waals surface area contributed by atoms with Gasteiger partial charge in [0.1, 0.15) is 11.5 Å². The highest BCUT2D eigenvalue weighted by Gasteiger charge is 2.15. The van der Waals surface area contributed by atoms with Crippen LogP contribution in [0, 0.1) is 0 Å². The first-order chi connectivity index (χ1) is 12.5. The van der Waals surface area contributed by atoms with Crippen LogP contribution in [0.4, 0.5) is 5.69 Å². The topological polar surface area (TPSA) is 57.2 Å². The molecule has 0 fully saturated rings. The number of hydrogen-bond donors (Lipinski definition) is 0. The highest BCUT2D eigenvalue weighted by Crippen LogP contribution is 2.32. The van der Waals surface area contributed by atoms with Gasteiger partial charge in [0, 0.05) is 31.3 Å². The third kappa shape index (κ3) is 4.59. The van der Waals surface area contributed by atoms with Gasteiger partial charge in [-0.05, 0) is 36.2 Å². The second kappa shape index (κ2) is 8.99. The quantitative estimate of drug-likeness (QED) is 0.724. The Kier molecular flexibility index (Phi) is 6.72. The number of methoxy groups -OCH3 is 4. The Morgan fingerprint density at radius 2 is 1.46 bits per heavy atom. The van der Waals surface area contributed by atoms with Crippen molar-refractivity contribution in [1.82, 2.24) is 0 Å². The molecule has 0 aliphatic rings. The molecule has 0 radical (unpaired) electrons. The highest BCUT2D eigenvalue weighted by molar-refractivity contribution is 5.91. The molecule has 1 amide bonds. The Morgan fingerprint density at radius 3 is 1.96 bits per heavy atom. The van der Waals surface area contributed by atoms with Crippen molar-refractivity contribution in [3.63, 3.8) is 0 Å². The van der Waals surface area contributed by atoms with E-state index in [0.717, 1.165) is 22.7 Å². The zero-order valence-corrected chi connectivity index (χ0v) is 15.9. The van der Waals surface area contributed by atoms with E-state index in [2.05, 4.69) is 0 Å². The molecule has 0 N–H and O–H groups in total. The van der Waals surface area contributed by atoms with Gasteiger partial charge in [-0.3, -0.25) is 4.79 Å². The van der Waals surface area contributed by atoms with Crippen LogP contribution in [0.1, 0.15) is 12.5 Å². The fourth-order valence-corrected chi connectivity index (χ4v) is 2.71. The molecule has 0 aliphatic carbocycles. The number of amides is 1. The molecule has 2 aromatic rings. The molecule has 0 aliphatic heterocycles. The highest BCUT2D eigenvalue weighted by atomic mass is 16.5. The van der Waals surface area contributed by atoms with Gasteiger partial charge in [-0.1, -0.05) is 0 Å². The van der Waals surface area contributed by atoms with Crippen molar-refractivity contribution < 1.29 is 23.7 Å². The van der Waals surface area contributed by atoms with E-state index in [-0.39, 0.29) is 5.91 Å². The average Bonchev–Trinajstić information content (AvgIpc) is 2.67. The predicted octanol–water partition coefficient (Wildman–Crippen LogP) is 3.32. The maximum absolute atomic E-state index is 12.2. The van der Waals surface area contributed by atoms with Crippen LogP contribution in [0.25, 0.3) is 0 Å². The van der Waals surface area contributed by atoms with Gasteiger partial charge in [0.25, 0.3) is 0 Å². The fourth-order valence-electron chi connectivity index (χ4n) is 2.71. The monoisotopic (exact) mass is 359 g/mol. The summed E-state index contributed by atoms with van der Waals surface area (Å²) in [4.78, 5) is 13.9. The van der Waals surface area contributed by atoms with Crippen LogP contribution in [-0.2, 0) is 11.2 Å². The molecule has 0 saturated carbocycles. The van der Waals surface area contributed by atoms with Crippen LogP contribution in [0.2, 0.25) is 0 Å². The van der Waals surface area contributed by atoms with Crippen LogP contribution in [0.15, 0.2) is 36.4 Å². The fraction of sp³-hybridized carbons (Fsp3) is 0.350. The lowest BCUT2D eigenvalue weighted by Crippen LogP contribution is -2.30. The molecule has 0 saturated heterocycles. The number of carbonyl (C=O) groups excluding carboxylic acids is 1. The van der Waals surface area contributed by atoms with Gasteiger partial charge in [0.15, 0.2) is 11.5 Å². The predicted molar refractivity (Wildman–Crippen MR) is 101 cm³/mol. The van der Waals surface area contributed by atoms with Crippen molar-refractivity contribution >= 4 is 11.6 Å². The summed E-state index contributed by atoms with van der Waals surface area (Å²) in [5, 5.41) is 0. The summed E-state index contributed by atoms with van der Waals surface area (Å²) < 4.78 is 21.2. The van der Waals surface area contributed by atoms with E-state index in [0.29, 0.717) is 24.5 Å². The van der Waals surface area contributed by atoms with Gasteiger partial charge in [-0.2, -0.15) is 0 Å². The molecule has 6 heteroatoms. The van der Waals surface area contributed by atoms with Crippen molar-refractivity contribution in [3.8, 4) is 23.0 Å². The number of anilines is 1. The average molecular weight is 359 g/mol. The van der Waals surface area contributed by atoms with Crippen LogP contribution in [0.3, 0.4) is 0 Å². The SMILES string of the molecule is COc1cc(CCN(C(C)=O)c2ccc(OC)c(OC)c2)cc(OC)c1. The Balaban J connectivity index is 2.23. The summed E-state index contributed by atoms with van der Waals surface area (Å²) in [6, 6.07) is 11.1. The van der Waals surface area contributed by atoms with E-state index >= 15 is 0 Å². The van der Waals surface area contributed by atoms with Gasteiger partial charge >= 0.3 is 0 Å². The third-order valence-corrected chi connectivity index (χ3v) is 4.09. The number of benzene rings is 2. The molecule has 6 nitrogen and oxygen atoms in total. The van der Waals surface area contributed by atoms with Crippen LogP contribution < -0.4 is 23.8 Å². The standard InChI is InChI=1S/C20H25NO5/c1-14(22)21(16-6-7-19(25-4)20(12-16)26-5)9-8-15-10-17(23-2)13-18(11-15)24-3/h6-7,10-13H,8-9H2,1-5H3. The lowest BCUT2D eigenvalue weighted by Gasteiger charge is -2.22. The minimum absolute atomic E-state index is 0.0490. The van der Waals surface area contributed by atoms with Gasteiger partial charge in [-0.15, -0.1) is 0 Å². The third-order valence-electron chi connectivity index (χ3n) is 4.09. The lowest BCUT2D eigenvalue weighted by atomic mass is 10.1. The number of ether oxygens (including phenoxy) is 4. The van der Waals surface area contributed by atoms with Crippen LogP contribution in [0.5, 0.6) is 23.0 Å². The Labute approximate surface area is 154 Å². The van der Waals surface area contributed by atoms with E-state index in [9.17, 15) is 4.79 Å². The molecule has 2 rings (SSSR count). The van der Waals surface area contributed by atoms with E-state index in [1.807, 2.05) is 24.3 Å². The molecule has 0 spiro atoms. The summed E-state index contributed by atoms with van der Waals surface area (Å²) in [5.41, 5.74) is 1.78. The van der Waals surface area contributed by atoms with Crippen molar-refractivity contribution in [2.45, 2.75) is 13.3 Å². The molecular formula is C20H25NO5. The molecule has 26 heavy (non-hydrogen) atoms. The van der Waals surface area contributed by atoms with Crippen molar-refractivity contribution in [2.24, 2.45) is 0 Å². The number of hydrogen-bond acceptors (Lipinski definition) is 5. The minimum Gasteiger partial charge on any atom is -0.497 e. The van der Waals surface area contributed by atoms with Crippen LogP contribution >= 0.6 is 0 Å². The summed E-state index contributed by atoms with van der Waals surface area (Å²) in [6.45, 7) is 2.06. The lowest BCUT2D eigenvalue weighted by molar-refractivity contribution is -0.116. The first-order valence-electron chi connectivity index (χ1n) is 8.24. The molecular weight excluding hydrogens is 334 g/mol. The number of rotatable bonds is 8. The van der Waals surface area contributed by atoms with E-state index in [4.69, 9.17) is 18.9 Å². The van der Waals surface area contributed by atoms with Gasteiger partial charge in [0.05, 0.1) is 28.4 Å². The van der Waals surface area contributed by atoms with Crippen molar-refractivity contribution in [3.05, 3.63) is 42.0 Å². The van der Waals surface area contributed by atoms with E-state index in [1.165, 1.54) is 0 Å². The maximum Gasteiger partial charge on any atom is 0.223 e. The van der Waals surface area contributed by atoms with Gasteiger partial charge in [0.2, 0.25) is 5.91 Å². The summed E-state index contributed by atoms with van der Waals surface area (Å²) >= 11 is 0. The summed E-state index contributed by atoms with van der Waals surface area (Å²) in [7, 11) is 6.38. The Hall–Kier alpha value is -2.89. The van der Waals surface area contributed by atoms with Crippen molar-refractivity contribution in [2.75, 3.05) is 39.9 Å². The smallest absolute Gasteiger partial charge is 0.223 e. The molecule has 2 aromatic carbocycles. The molecule has 0 atom stereocenters. The van der Waals surface area contributed by atoms with Crippen molar-refractivity contribution in [1.29, 1.82) is 0 Å². The Morgan fingerprint density at radius 1 is 0.846 bits per heavy atom. The first-order valence-corrected chi connectivity index (χ1v) is 8.24. The first kappa shape index (κ1) is 19.4. The zero-order valence-electron chi connectivity index (χ0n) is 15.9. The summed E-state index contributed by atoms with van der Waals surface area (Å²) in [6.07, 6.45) is 0.654. The second-order valence-corrected chi connectivity index (χ2v) is 5.68. The van der Waals surface area contributed by atoms with E-state index < -0.39 is 0 Å². The minimum atomic E-state index is -0.0490. The largest absolute Gasteiger partial charge is 0.497 e. The second-order valence-electron chi connectivity index (χ2n) is 5.68. The van der Waals surface area contributed by atoms with E-state index in [1.54, 1.807) is 52.4 Å². The van der Waals surface area contributed by atoms with Gasteiger partial charge in [-0.25, -0.2) is 0 Å². The number of carbonyl (C=O) groups is 1. The number of nitrogens with zero attached hydrogens (tertiary/aromatic N) is 1. The molecule has 0 bridgehead atoms. The Bertz CT molecular complexity index is 738. The zero-order chi connectivity index (χ0) is 19.1. The molecule has 140 valence electrons. The normalized spacial score (nSPS) is 10.2. The molecule has 0 aromatic heterocycles. The van der Waals surface area contributed by atoms with Gasteiger partial charge < -0.3 is 23.8 Å². The van der Waals surface area contributed by atoms with Crippen LogP contribution in [-0.4, -0.2) is 40.9 Å². The summed E-state index contributed by atoms with van der Waals surface area (Å²) in [5.74, 6) is 2.60. The molecule has 0 unspecified atom stereocenters. The molecule has 0 heterocycles.